The van der Waals surface area contributed by atoms with E-state index in [1.807, 2.05) is 6.07 Å². The molecule has 0 aliphatic carbocycles. The van der Waals surface area contributed by atoms with Gasteiger partial charge in [-0.05, 0) is 37.5 Å². The van der Waals surface area contributed by atoms with Crippen molar-refractivity contribution in [2.45, 2.75) is 38.1 Å². The van der Waals surface area contributed by atoms with Crippen molar-refractivity contribution in [2.75, 3.05) is 13.1 Å². The zero-order chi connectivity index (χ0) is 16.6. The summed E-state index contributed by atoms with van der Waals surface area (Å²) in [7, 11) is 0. The number of hydrogen-bond donors (Lipinski definition) is 0. The number of piperidine rings is 1. The average molecular weight is 312 g/mol. The van der Waals surface area contributed by atoms with Gasteiger partial charge in [-0.15, -0.1) is 0 Å². The van der Waals surface area contributed by atoms with Crippen LogP contribution in [0.5, 0.6) is 0 Å². The van der Waals surface area contributed by atoms with E-state index in [1.54, 1.807) is 12.1 Å². The zero-order valence-electron chi connectivity index (χ0n) is 13.9. The van der Waals surface area contributed by atoms with Gasteiger partial charge < -0.3 is 9.80 Å². The molecular weight excluding hydrogens is 287 g/mol. The van der Waals surface area contributed by atoms with Crippen molar-refractivity contribution in [1.82, 2.24) is 9.80 Å². The Morgan fingerprint density at radius 1 is 1.30 bits per heavy atom. The maximum atomic E-state index is 13.5. The Labute approximate surface area is 138 Å². The van der Waals surface area contributed by atoms with E-state index >= 15 is 0 Å². The first-order chi connectivity index (χ1) is 11.0. The summed E-state index contributed by atoms with van der Waals surface area (Å²) in [5.41, 5.74) is 3.34. The summed E-state index contributed by atoms with van der Waals surface area (Å²) >= 11 is 0. The van der Waals surface area contributed by atoms with Crippen LogP contribution in [-0.2, 0) is 0 Å². The van der Waals surface area contributed by atoms with E-state index in [0.717, 1.165) is 55.0 Å². The van der Waals surface area contributed by atoms with Crippen molar-refractivity contribution in [2.24, 2.45) is 0 Å². The number of likely N-dealkylation sites (tertiary alicyclic amines) is 2. The van der Waals surface area contributed by atoms with Gasteiger partial charge in [-0.1, -0.05) is 37.4 Å². The van der Waals surface area contributed by atoms with Crippen LogP contribution in [0.15, 0.2) is 61.1 Å². The fourth-order valence-corrected chi connectivity index (χ4v) is 3.67. The number of rotatable bonds is 4. The number of nitrogens with zero attached hydrogens (tertiary/aromatic N) is 2. The maximum absolute atomic E-state index is 13.5. The summed E-state index contributed by atoms with van der Waals surface area (Å²) < 4.78 is 13.5. The smallest absolute Gasteiger partial charge is 0.123 e. The van der Waals surface area contributed by atoms with Gasteiger partial charge in [0.25, 0.3) is 0 Å². The minimum Gasteiger partial charge on any atom is -0.358 e. The molecule has 3 heteroatoms. The highest BCUT2D eigenvalue weighted by Gasteiger charge is 2.36. The molecule has 122 valence electrons. The SMILES string of the molecule is C=C(C)C1CC(=C)N1C(=C)N1CCCC(c2cccc(F)c2)C1. The minimum absolute atomic E-state index is 0.156. The molecule has 0 amide bonds. The summed E-state index contributed by atoms with van der Waals surface area (Å²) in [6.07, 6.45) is 3.16. The third-order valence-corrected chi connectivity index (χ3v) is 5.03. The van der Waals surface area contributed by atoms with Crippen molar-refractivity contribution in [3.63, 3.8) is 0 Å². The molecule has 2 atom stereocenters. The zero-order valence-corrected chi connectivity index (χ0v) is 13.9. The van der Waals surface area contributed by atoms with Crippen LogP contribution in [0.25, 0.3) is 0 Å². The topological polar surface area (TPSA) is 6.48 Å². The van der Waals surface area contributed by atoms with E-state index in [9.17, 15) is 4.39 Å². The van der Waals surface area contributed by atoms with Gasteiger partial charge in [-0.3, -0.25) is 0 Å². The summed E-state index contributed by atoms with van der Waals surface area (Å²) in [6.45, 7) is 16.4. The number of hydrogen-bond acceptors (Lipinski definition) is 2. The minimum atomic E-state index is -0.156. The fourth-order valence-electron chi connectivity index (χ4n) is 3.67. The molecular formula is C20H25FN2. The van der Waals surface area contributed by atoms with Crippen molar-refractivity contribution in [3.05, 3.63) is 72.5 Å². The second-order valence-electron chi connectivity index (χ2n) is 6.76. The molecule has 0 N–H and O–H groups in total. The predicted octanol–water partition coefficient (Wildman–Crippen LogP) is 4.64. The highest BCUT2D eigenvalue weighted by molar-refractivity contribution is 5.28. The lowest BCUT2D eigenvalue weighted by atomic mass is 9.89. The molecule has 3 rings (SSSR count). The number of benzene rings is 1. The van der Waals surface area contributed by atoms with Crippen molar-refractivity contribution in [3.8, 4) is 0 Å². The molecule has 2 aliphatic rings. The molecule has 0 radical (unpaired) electrons. The average Bonchev–Trinajstić information content (AvgIpc) is 2.52. The first kappa shape index (κ1) is 15.9. The molecule has 1 aromatic rings. The summed E-state index contributed by atoms with van der Waals surface area (Å²) in [5.74, 6) is 1.21. The van der Waals surface area contributed by atoms with Gasteiger partial charge >= 0.3 is 0 Å². The summed E-state index contributed by atoms with van der Waals surface area (Å²) in [6, 6.07) is 7.32. The first-order valence-corrected chi connectivity index (χ1v) is 8.29. The predicted molar refractivity (Wildman–Crippen MR) is 93.3 cm³/mol. The van der Waals surface area contributed by atoms with Crippen LogP contribution in [0.1, 0.15) is 37.7 Å². The van der Waals surface area contributed by atoms with E-state index < -0.39 is 0 Å². The first-order valence-electron chi connectivity index (χ1n) is 8.29. The standard InChI is InChI=1S/C20H25FN2/c1-14(2)20-11-15(3)23(20)16(4)22-10-6-8-18(13-22)17-7-5-9-19(21)12-17/h5,7,9,12,18,20H,1,3-4,6,8,10-11,13H2,2H3. The second kappa shape index (κ2) is 6.23. The molecule has 2 fully saturated rings. The molecule has 0 spiro atoms. The van der Waals surface area contributed by atoms with Gasteiger partial charge in [-0.25, -0.2) is 4.39 Å². The molecule has 2 aliphatic heterocycles. The Kier molecular flexibility index (Phi) is 4.29. The summed E-state index contributed by atoms with van der Waals surface area (Å²) in [4.78, 5) is 4.52. The lowest BCUT2D eigenvalue weighted by Gasteiger charge is -2.50. The van der Waals surface area contributed by atoms with Crippen LogP contribution in [0.2, 0.25) is 0 Å². The third-order valence-electron chi connectivity index (χ3n) is 5.03. The Hall–Kier alpha value is -2.03. The molecule has 2 heterocycles. The Morgan fingerprint density at radius 3 is 2.74 bits per heavy atom. The molecule has 23 heavy (non-hydrogen) atoms. The van der Waals surface area contributed by atoms with Gasteiger partial charge in [0, 0.05) is 31.1 Å². The van der Waals surface area contributed by atoms with E-state index in [-0.39, 0.29) is 5.82 Å². The van der Waals surface area contributed by atoms with Gasteiger partial charge in [0.2, 0.25) is 0 Å². The van der Waals surface area contributed by atoms with Crippen LogP contribution in [-0.4, -0.2) is 28.9 Å². The van der Waals surface area contributed by atoms with Crippen molar-refractivity contribution >= 4 is 0 Å². The fraction of sp³-hybridized carbons (Fsp3) is 0.400. The van der Waals surface area contributed by atoms with E-state index in [2.05, 4.69) is 36.5 Å². The Morgan fingerprint density at radius 2 is 2.09 bits per heavy atom. The van der Waals surface area contributed by atoms with Crippen LogP contribution in [0.3, 0.4) is 0 Å². The molecule has 1 aromatic carbocycles. The molecule has 0 saturated carbocycles. The van der Waals surface area contributed by atoms with Crippen LogP contribution < -0.4 is 0 Å². The molecule has 2 unspecified atom stereocenters. The highest BCUT2D eigenvalue weighted by atomic mass is 19.1. The lowest BCUT2D eigenvalue weighted by Crippen LogP contribution is -2.50. The molecule has 2 nitrogen and oxygen atoms in total. The van der Waals surface area contributed by atoms with Gasteiger partial charge in [-0.2, -0.15) is 0 Å². The largest absolute Gasteiger partial charge is 0.358 e. The molecule has 0 aromatic heterocycles. The van der Waals surface area contributed by atoms with Crippen LogP contribution in [0, 0.1) is 5.82 Å². The quantitative estimate of drug-likeness (QED) is 0.747. The van der Waals surface area contributed by atoms with Gasteiger partial charge in [0.05, 0.1) is 6.04 Å². The van der Waals surface area contributed by atoms with Crippen molar-refractivity contribution < 1.29 is 4.39 Å². The van der Waals surface area contributed by atoms with Gasteiger partial charge in [0.15, 0.2) is 0 Å². The van der Waals surface area contributed by atoms with E-state index in [4.69, 9.17) is 0 Å². The maximum Gasteiger partial charge on any atom is 0.123 e. The normalized spacial score (nSPS) is 24.3. The Balaban J connectivity index is 1.72. The Bertz CT molecular complexity index is 649. The third kappa shape index (κ3) is 3.05. The summed E-state index contributed by atoms with van der Waals surface area (Å²) in [5, 5.41) is 0. The van der Waals surface area contributed by atoms with Gasteiger partial charge in [0.1, 0.15) is 11.6 Å². The molecule has 0 bridgehead atoms. The number of halogens is 1. The monoisotopic (exact) mass is 312 g/mol. The van der Waals surface area contributed by atoms with E-state index in [1.165, 1.54) is 6.07 Å². The van der Waals surface area contributed by atoms with Crippen LogP contribution in [0.4, 0.5) is 4.39 Å². The van der Waals surface area contributed by atoms with E-state index in [0.29, 0.717) is 12.0 Å². The highest BCUT2D eigenvalue weighted by Crippen LogP contribution is 2.38. The molecule has 2 saturated heterocycles. The van der Waals surface area contributed by atoms with Crippen LogP contribution >= 0.6 is 0 Å². The van der Waals surface area contributed by atoms with Crippen molar-refractivity contribution in [1.29, 1.82) is 0 Å². The second-order valence-corrected chi connectivity index (χ2v) is 6.76. The lowest BCUT2D eigenvalue weighted by molar-refractivity contribution is 0.137.